The standard InChI is InChI=1S/C15H13ClN2OS/c16-12-5-1-2-6-13(12)18-14(19)7-9-20-15(18)11-4-3-8-17-10-11/h1-6,8,10,15H,7,9H2. The molecule has 0 bridgehead atoms. The molecule has 0 N–H and O–H groups in total. The molecule has 0 saturated carbocycles. The van der Waals surface area contributed by atoms with Crippen LogP contribution in [-0.2, 0) is 4.79 Å². The number of thioether (sulfide) groups is 1. The Morgan fingerprint density at radius 3 is 2.85 bits per heavy atom. The number of carbonyl (C=O) groups excluding carboxylic acids is 1. The first-order valence-electron chi connectivity index (χ1n) is 6.35. The highest BCUT2D eigenvalue weighted by atomic mass is 35.5. The van der Waals surface area contributed by atoms with Crippen LogP contribution in [-0.4, -0.2) is 16.6 Å². The summed E-state index contributed by atoms with van der Waals surface area (Å²) in [5.41, 5.74) is 1.78. The van der Waals surface area contributed by atoms with Gasteiger partial charge in [-0.05, 0) is 18.2 Å². The Morgan fingerprint density at radius 1 is 1.25 bits per heavy atom. The maximum absolute atomic E-state index is 12.4. The smallest absolute Gasteiger partial charge is 0.229 e. The zero-order valence-corrected chi connectivity index (χ0v) is 12.3. The average Bonchev–Trinajstić information content (AvgIpc) is 2.49. The van der Waals surface area contributed by atoms with Crippen LogP contribution in [0.15, 0.2) is 48.8 Å². The molecule has 3 nitrogen and oxygen atoms in total. The van der Waals surface area contributed by atoms with E-state index in [1.54, 1.807) is 29.1 Å². The van der Waals surface area contributed by atoms with Gasteiger partial charge in [0.15, 0.2) is 0 Å². The van der Waals surface area contributed by atoms with Crippen LogP contribution < -0.4 is 4.90 Å². The predicted octanol–water partition coefficient (Wildman–Crippen LogP) is 3.90. The fraction of sp³-hybridized carbons (Fsp3) is 0.200. The van der Waals surface area contributed by atoms with E-state index in [0.717, 1.165) is 17.0 Å². The van der Waals surface area contributed by atoms with Gasteiger partial charge in [0.2, 0.25) is 5.91 Å². The van der Waals surface area contributed by atoms with Crippen molar-refractivity contribution in [2.24, 2.45) is 0 Å². The molecule has 0 aliphatic carbocycles. The van der Waals surface area contributed by atoms with Crippen molar-refractivity contribution in [3.05, 3.63) is 59.4 Å². The molecule has 102 valence electrons. The highest BCUT2D eigenvalue weighted by molar-refractivity contribution is 7.99. The summed E-state index contributed by atoms with van der Waals surface area (Å²) >= 11 is 8.00. The molecule has 5 heteroatoms. The van der Waals surface area contributed by atoms with Crippen molar-refractivity contribution < 1.29 is 4.79 Å². The summed E-state index contributed by atoms with van der Waals surface area (Å²) in [5, 5.41) is 0.530. The summed E-state index contributed by atoms with van der Waals surface area (Å²) in [7, 11) is 0. The Morgan fingerprint density at radius 2 is 2.10 bits per heavy atom. The second kappa shape index (κ2) is 5.85. The maximum atomic E-state index is 12.4. The average molecular weight is 305 g/mol. The molecule has 1 unspecified atom stereocenters. The number of rotatable bonds is 2. The quantitative estimate of drug-likeness (QED) is 0.843. The van der Waals surface area contributed by atoms with Crippen LogP contribution in [0.1, 0.15) is 17.4 Å². The van der Waals surface area contributed by atoms with Crippen LogP contribution >= 0.6 is 23.4 Å². The molecule has 2 aromatic rings. The number of benzene rings is 1. The summed E-state index contributed by atoms with van der Waals surface area (Å²) in [4.78, 5) is 18.3. The molecule has 1 aliphatic heterocycles. The number of para-hydroxylation sites is 1. The number of carbonyl (C=O) groups is 1. The topological polar surface area (TPSA) is 33.2 Å². The number of hydrogen-bond donors (Lipinski definition) is 0. The molecule has 0 radical (unpaired) electrons. The molecule has 1 aromatic heterocycles. The monoisotopic (exact) mass is 304 g/mol. The third-order valence-electron chi connectivity index (χ3n) is 3.18. The Hall–Kier alpha value is -1.52. The maximum Gasteiger partial charge on any atom is 0.229 e. The van der Waals surface area contributed by atoms with E-state index in [-0.39, 0.29) is 11.3 Å². The van der Waals surface area contributed by atoms with Crippen LogP contribution in [0.4, 0.5) is 5.69 Å². The van der Waals surface area contributed by atoms with Gasteiger partial charge in [-0.2, -0.15) is 0 Å². The van der Waals surface area contributed by atoms with Crippen molar-refractivity contribution in [1.29, 1.82) is 0 Å². The van der Waals surface area contributed by atoms with Crippen molar-refractivity contribution in [2.75, 3.05) is 10.7 Å². The Labute approximate surface area is 127 Å². The first-order valence-corrected chi connectivity index (χ1v) is 7.78. The fourth-order valence-electron chi connectivity index (χ4n) is 2.26. The lowest BCUT2D eigenvalue weighted by Crippen LogP contribution is -2.37. The van der Waals surface area contributed by atoms with Crippen molar-refractivity contribution >= 4 is 35.0 Å². The Kier molecular flexibility index (Phi) is 3.94. The number of nitrogens with zero attached hydrogens (tertiary/aromatic N) is 2. The normalized spacial score (nSPS) is 19.1. The van der Waals surface area contributed by atoms with E-state index >= 15 is 0 Å². The molecule has 1 aromatic carbocycles. The highest BCUT2D eigenvalue weighted by Crippen LogP contribution is 2.42. The minimum Gasteiger partial charge on any atom is -0.294 e. The zero-order valence-electron chi connectivity index (χ0n) is 10.7. The summed E-state index contributed by atoms with van der Waals surface area (Å²) < 4.78 is 0. The molecule has 1 fully saturated rings. The van der Waals surface area contributed by atoms with Gasteiger partial charge >= 0.3 is 0 Å². The number of halogens is 1. The molecule has 3 rings (SSSR count). The van der Waals surface area contributed by atoms with E-state index in [0.29, 0.717) is 11.4 Å². The molecule has 1 atom stereocenters. The van der Waals surface area contributed by atoms with Crippen molar-refractivity contribution in [1.82, 2.24) is 4.98 Å². The summed E-state index contributed by atoms with van der Waals surface area (Å²) in [6, 6.07) is 11.3. The van der Waals surface area contributed by atoms with Gasteiger partial charge in [0, 0.05) is 30.1 Å². The molecule has 1 amide bonds. The van der Waals surface area contributed by atoms with E-state index in [9.17, 15) is 4.79 Å². The van der Waals surface area contributed by atoms with Gasteiger partial charge < -0.3 is 0 Å². The third kappa shape index (κ3) is 2.53. The van der Waals surface area contributed by atoms with Gasteiger partial charge in [0.1, 0.15) is 5.37 Å². The zero-order chi connectivity index (χ0) is 13.9. The van der Waals surface area contributed by atoms with Gasteiger partial charge in [-0.3, -0.25) is 14.7 Å². The van der Waals surface area contributed by atoms with Crippen LogP contribution in [0.3, 0.4) is 0 Å². The van der Waals surface area contributed by atoms with Gasteiger partial charge in [0.25, 0.3) is 0 Å². The summed E-state index contributed by atoms with van der Waals surface area (Å²) in [5.74, 6) is 0.921. The Balaban J connectivity index is 2.04. The van der Waals surface area contributed by atoms with Gasteiger partial charge in [-0.15, -0.1) is 11.8 Å². The van der Waals surface area contributed by atoms with Crippen LogP contribution in [0.25, 0.3) is 0 Å². The van der Waals surface area contributed by atoms with Crippen LogP contribution in [0.2, 0.25) is 5.02 Å². The minimum atomic E-state index is -0.0650. The lowest BCUT2D eigenvalue weighted by atomic mass is 10.2. The molecule has 20 heavy (non-hydrogen) atoms. The largest absolute Gasteiger partial charge is 0.294 e. The number of amides is 1. The molecule has 1 saturated heterocycles. The number of aromatic nitrogens is 1. The number of pyridine rings is 1. The summed E-state index contributed by atoms with van der Waals surface area (Å²) in [6.45, 7) is 0. The highest BCUT2D eigenvalue weighted by Gasteiger charge is 2.32. The van der Waals surface area contributed by atoms with Gasteiger partial charge in [0.05, 0.1) is 10.7 Å². The second-order valence-corrected chi connectivity index (χ2v) is 6.07. The Bertz CT molecular complexity index is 620. The molecular formula is C15H13ClN2OS. The van der Waals surface area contributed by atoms with Crippen molar-refractivity contribution in [3.63, 3.8) is 0 Å². The predicted molar refractivity (Wildman–Crippen MR) is 83.0 cm³/mol. The lowest BCUT2D eigenvalue weighted by Gasteiger charge is -2.35. The third-order valence-corrected chi connectivity index (χ3v) is 4.73. The second-order valence-electron chi connectivity index (χ2n) is 4.47. The van der Waals surface area contributed by atoms with E-state index < -0.39 is 0 Å². The van der Waals surface area contributed by atoms with Gasteiger partial charge in [-0.25, -0.2) is 0 Å². The summed E-state index contributed by atoms with van der Waals surface area (Å²) in [6.07, 6.45) is 4.07. The fourth-order valence-corrected chi connectivity index (χ4v) is 3.71. The first-order chi connectivity index (χ1) is 9.77. The van der Waals surface area contributed by atoms with E-state index in [4.69, 9.17) is 11.6 Å². The number of anilines is 1. The molecular weight excluding hydrogens is 292 g/mol. The number of hydrogen-bond acceptors (Lipinski definition) is 3. The van der Waals surface area contributed by atoms with E-state index in [2.05, 4.69) is 4.98 Å². The molecule has 1 aliphatic rings. The van der Waals surface area contributed by atoms with Crippen molar-refractivity contribution in [2.45, 2.75) is 11.8 Å². The van der Waals surface area contributed by atoms with E-state index in [1.165, 1.54) is 0 Å². The van der Waals surface area contributed by atoms with Crippen LogP contribution in [0, 0.1) is 0 Å². The minimum absolute atomic E-state index is 0.0650. The lowest BCUT2D eigenvalue weighted by molar-refractivity contribution is -0.118. The SMILES string of the molecule is O=C1CCSC(c2cccnc2)N1c1ccccc1Cl. The van der Waals surface area contributed by atoms with Crippen molar-refractivity contribution in [3.8, 4) is 0 Å². The molecule has 2 heterocycles. The first kappa shape index (κ1) is 13.5. The van der Waals surface area contributed by atoms with Gasteiger partial charge in [-0.1, -0.05) is 29.8 Å². The van der Waals surface area contributed by atoms with Crippen LogP contribution in [0.5, 0.6) is 0 Å². The van der Waals surface area contributed by atoms with E-state index in [1.807, 2.05) is 36.4 Å². The molecule has 0 spiro atoms.